The normalized spacial score (nSPS) is 13.3. The van der Waals surface area contributed by atoms with Gasteiger partial charge in [0.25, 0.3) is 0 Å². The Balaban J connectivity index is 2.51. The summed E-state index contributed by atoms with van der Waals surface area (Å²) in [5.74, 6) is 0. The summed E-state index contributed by atoms with van der Waals surface area (Å²) in [7, 11) is 0. The molecule has 1 N–H and O–H groups in total. The standard InChI is InChI=1S/C13H8Cl2F3NO/c14-7-5-10(15)11(19-6-7)12(20)8-3-1-2-4-9(8)13(16,17)18/h1-6,12,20H. The van der Waals surface area contributed by atoms with E-state index in [1.165, 1.54) is 30.5 Å². The maximum atomic E-state index is 12.9. The first kappa shape index (κ1) is 15.1. The van der Waals surface area contributed by atoms with E-state index >= 15 is 0 Å². The number of hydrogen-bond acceptors (Lipinski definition) is 2. The van der Waals surface area contributed by atoms with Crippen molar-refractivity contribution in [1.29, 1.82) is 0 Å². The number of halogens is 5. The fourth-order valence-electron chi connectivity index (χ4n) is 1.77. The van der Waals surface area contributed by atoms with Crippen LogP contribution in [0.5, 0.6) is 0 Å². The molecule has 1 aromatic heterocycles. The lowest BCUT2D eigenvalue weighted by molar-refractivity contribution is -0.139. The van der Waals surface area contributed by atoms with Crippen LogP contribution in [0, 0.1) is 0 Å². The highest BCUT2D eigenvalue weighted by Crippen LogP contribution is 2.37. The van der Waals surface area contributed by atoms with Crippen LogP contribution in [-0.4, -0.2) is 10.1 Å². The fourth-order valence-corrected chi connectivity index (χ4v) is 2.25. The Labute approximate surface area is 122 Å². The number of aliphatic hydroxyl groups is 1. The molecule has 0 amide bonds. The maximum absolute atomic E-state index is 12.9. The molecule has 0 saturated heterocycles. The Morgan fingerprint density at radius 3 is 2.40 bits per heavy atom. The molecule has 7 heteroatoms. The van der Waals surface area contributed by atoms with Gasteiger partial charge in [-0.1, -0.05) is 41.4 Å². The van der Waals surface area contributed by atoms with Crippen molar-refractivity contribution in [3.8, 4) is 0 Å². The Kier molecular flexibility index (Phi) is 4.22. The lowest BCUT2D eigenvalue weighted by Gasteiger charge is -2.17. The van der Waals surface area contributed by atoms with Gasteiger partial charge in [-0.3, -0.25) is 4.98 Å². The van der Waals surface area contributed by atoms with Gasteiger partial charge in [-0.25, -0.2) is 0 Å². The van der Waals surface area contributed by atoms with Crippen molar-refractivity contribution in [2.24, 2.45) is 0 Å². The highest BCUT2D eigenvalue weighted by molar-refractivity contribution is 6.34. The predicted molar refractivity (Wildman–Crippen MR) is 69.8 cm³/mol. The quantitative estimate of drug-likeness (QED) is 0.884. The van der Waals surface area contributed by atoms with Crippen LogP contribution in [0.4, 0.5) is 13.2 Å². The van der Waals surface area contributed by atoms with Gasteiger partial charge in [-0.05, 0) is 17.7 Å². The first-order valence-electron chi connectivity index (χ1n) is 5.46. The molecule has 0 radical (unpaired) electrons. The maximum Gasteiger partial charge on any atom is 0.416 e. The SMILES string of the molecule is OC(c1ccccc1C(F)(F)F)c1ncc(Cl)cc1Cl. The van der Waals surface area contributed by atoms with E-state index in [1.54, 1.807) is 0 Å². The van der Waals surface area contributed by atoms with E-state index in [9.17, 15) is 18.3 Å². The van der Waals surface area contributed by atoms with Crippen LogP contribution in [0.1, 0.15) is 22.9 Å². The first-order valence-corrected chi connectivity index (χ1v) is 6.21. The summed E-state index contributed by atoms with van der Waals surface area (Å²) in [6, 6.07) is 6.03. The number of alkyl halides is 3. The van der Waals surface area contributed by atoms with E-state index < -0.39 is 17.8 Å². The Hall–Kier alpha value is -1.30. The van der Waals surface area contributed by atoms with Crippen molar-refractivity contribution in [3.63, 3.8) is 0 Å². The second-order valence-electron chi connectivity index (χ2n) is 4.01. The number of aliphatic hydroxyl groups excluding tert-OH is 1. The lowest BCUT2D eigenvalue weighted by Crippen LogP contribution is -2.13. The molecular weight excluding hydrogens is 314 g/mol. The summed E-state index contributed by atoms with van der Waals surface area (Å²) in [6.45, 7) is 0. The minimum atomic E-state index is -4.57. The minimum absolute atomic E-state index is 0.00183. The molecule has 0 fully saturated rings. The monoisotopic (exact) mass is 321 g/mol. The van der Waals surface area contributed by atoms with Gasteiger partial charge < -0.3 is 5.11 Å². The zero-order valence-corrected chi connectivity index (χ0v) is 11.3. The molecule has 2 aromatic rings. The molecule has 0 aliphatic heterocycles. The van der Waals surface area contributed by atoms with Gasteiger partial charge in [-0.2, -0.15) is 13.2 Å². The molecule has 0 spiro atoms. The van der Waals surface area contributed by atoms with Gasteiger partial charge in [0, 0.05) is 6.20 Å². The number of rotatable bonds is 2. The van der Waals surface area contributed by atoms with Crippen LogP contribution in [0.15, 0.2) is 36.5 Å². The summed E-state index contributed by atoms with van der Waals surface area (Å²) >= 11 is 11.5. The molecule has 0 bridgehead atoms. The second kappa shape index (κ2) is 5.60. The molecule has 1 atom stereocenters. The van der Waals surface area contributed by atoms with Crippen molar-refractivity contribution < 1.29 is 18.3 Å². The number of benzene rings is 1. The summed E-state index contributed by atoms with van der Waals surface area (Å²) in [5, 5.41) is 10.4. The average Bonchev–Trinajstić information content (AvgIpc) is 2.37. The number of hydrogen-bond donors (Lipinski definition) is 1. The van der Waals surface area contributed by atoms with Gasteiger partial charge in [-0.15, -0.1) is 0 Å². The topological polar surface area (TPSA) is 33.1 Å². The van der Waals surface area contributed by atoms with E-state index in [-0.39, 0.29) is 21.3 Å². The summed E-state index contributed by atoms with van der Waals surface area (Å²) in [6.07, 6.45) is -4.95. The highest BCUT2D eigenvalue weighted by Gasteiger charge is 2.35. The number of pyridine rings is 1. The van der Waals surface area contributed by atoms with Gasteiger partial charge >= 0.3 is 6.18 Å². The van der Waals surface area contributed by atoms with Crippen molar-refractivity contribution in [1.82, 2.24) is 4.98 Å². The number of aromatic nitrogens is 1. The molecule has 1 unspecified atom stereocenters. The van der Waals surface area contributed by atoms with E-state index in [0.717, 1.165) is 6.07 Å². The molecule has 20 heavy (non-hydrogen) atoms. The van der Waals surface area contributed by atoms with Crippen LogP contribution < -0.4 is 0 Å². The van der Waals surface area contributed by atoms with Crippen molar-refractivity contribution >= 4 is 23.2 Å². The zero-order chi connectivity index (χ0) is 14.9. The molecule has 0 aliphatic rings. The third-order valence-electron chi connectivity index (χ3n) is 2.66. The van der Waals surface area contributed by atoms with Gasteiger partial charge in [0.05, 0.1) is 21.3 Å². The molecule has 1 heterocycles. The average molecular weight is 322 g/mol. The second-order valence-corrected chi connectivity index (χ2v) is 4.85. The Morgan fingerprint density at radius 1 is 1.15 bits per heavy atom. The predicted octanol–water partition coefficient (Wildman–Crippen LogP) is 4.49. The minimum Gasteiger partial charge on any atom is -0.382 e. The van der Waals surface area contributed by atoms with Crippen LogP contribution >= 0.6 is 23.2 Å². The zero-order valence-electron chi connectivity index (χ0n) is 9.83. The highest BCUT2D eigenvalue weighted by atomic mass is 35.5. The third-order valence-corrected chi connectivity index (χ3v) is 3.17. The molecule has 1 aromatic carbocycles. The molecule has 0 aliphatic carbocycles. The third kappa shape index (κ3) is 3.06. The Morgan fingerprint density at radius 2 is 1.80 bits per heavy atom. The van der Waals surface area contributed by atoms with Crippen LogP contribution in [0.25, 0.3) is 0 Å². The molecular formula is C13H8Cl2F3NO. The Bertz CT molecular complexity index is 631. The van der Waals surface area contributed by atoms with Crippen LogP contribution in [0.3, 0.4) is 0 Å². The summed E-state index contributed by atoms with van der Waals surface area (Å²) < 4.78 is 38.7. The van der Waals surface area contributed by atoms with E-state index in [1.807, 2.05) is 0 Å². The molecule has 0 saturated carbocycles. The fraction of sp³-hybridized carbons (Fsp3) is 0.154. The van der Waals surface area contributed by atoms with Gasteiger partial charge in [0.15, 0.2) is 0 Å². The van der Waals surface area contributed by atoms with Crippen LogP contribution in [-0.2, 0) is 6.18 Å². The van der Waals surface area contributed by atoms with E-state index in [0.29, 0.717) is 0 Å². The largest absolute Gasteiger partial charge is 0.416 e. The van der Waals surface area contributed by atoms with E-state index in [2.05, 4.69) is 4.98 Å². The van der Waals surface area contributed by atoms with Crippen LogP contribution in [0.2, 0.25) is 10.0 Å². The molecule has 2 rings (SSSR count). The number of nitrogens with zero attached hydrogens (tertiary/aromatic N) is 1. The van der Waals surface area contributed by atoms with E-state index in [4.69, 9.17) is 23.2 Å². The summed E-state index contributed by atoms with van der Waals surface area (Å²) in [5.41, 5.74) is -1.31. The van der Waals surface area contributed by atoms with Gasteiger partial charge in [0.2, 0.25) is 0 Å². The smallest absolute Gasteiger partial charge is 0.382 e. The van der Waals surface area contributed by atoms with Gasteiger partial charge in [0.1, 0.15) is 6.10 Å². The van der Waals surface area contributed by atoms with Crippen molar-refractivity contribution in [3.05, 3.63) is 63.4 Å². The van der Waals surface area contributed by atoms with Crippen molar-refractivity contribution in [2.75, 3.05) is 0 Å². The molecule has 106 valence electrons. The summed E-state index contributed by atoms with van der Waals surface area (Å²) in [4.78, 5) is 3.80. The molecule has 2 nitrogen and oxygen atoms in total. The van der Waals surface area contributed by atoms with Crippen molar-refractivity contribution in [2.45, 2.75) is 12.3 Å². The first-order chi connectivity index (χ1) is 9.30. The lowest BCUT2D eigenvalue weighted by atomic mass is 9.99.